The van der Waals surface area contributed by atoms with Crippen molar-refractivity contribution >= 4 is 17.5 Å². The van der Waals surface area contributed by atoms with E-state index in [0.29, 0.717) is 23.1 Å². The molecule has 1 N–H and O–H groups in total. The average Bonchev–Trinajstić information content (AvgIpc) is 2.66. The fourth-order valence-corrected chi connectivity index (χ4v) is 2.52. The molecule has 27 heavy (non-hydrogen) atoms. The maximum absolute atomic E-state index is 12.3. The number of anilines is 1. The third-order valence-electron chi connectivity index (χ3n) is 4.07. The lowest BCUT2D eigenvalue weighted by molar-refractivity contribution is -0.135. The summed E-state index contributed by atoms with van der Waals surface area (Å²) in [6.45, 7) is 3.97. The number of likely N-dealkylation sites (N-methyl/N-ethyl adjacent to an activating group) is 1. The van der Waals surface area contributed by atoms with Gasteiger partial charge in [-0.15, -0.1) is 0 Å². The van der Waals surface area contributed by atoms with Crippen molar-refractivity contribution in [2.75, 3.05) is 32.6 Å². The van der Waals surface area contributed by atoms with Gasteiger partial charge in [-0.25, -0.2) is 0 Å². The molecule has 0 saturated carbocycles. The van der Waals surface area contributed by atoms with E-state index >= 15 is 0 Å². The third-order valence-corrected chi connectivity index (χ3v) is 4.07. The first kappa shape index (κ1) is 20.3. The number of ether oxygens (including phenoxy) is 2. The number of nitrogens with one attached hydrogen (secondary N) is 1. The molecule has 144 valence electrons. The number of methoxy groups -OCH3 is 1. The van der Waals surface area contributed by atoms with Crippen LogP contribution in [0.3, 0.4) is 0 Å². The minimum Gasteiger partial charge on any atom is -0.497 e. The number of nitrogens with zero attached hydrogens (tertiary/aromatic N) is 1. The average molecular weight is 370 g/mol. The summed E-state index contributed by atoms with van der Waals surface area (Å²) in [7, 11) is 3.16. The van der Waals surface area contributed by atoms with Crippen LogP contribution in [0.1, 0.15) is 25.3 Å². The quantitative estimate of drug-likeness (QED) is 0.774. The zero-order valence-electron chi connectivity index (χ0n) is 16.2. The van der Waals surface area contributed by atoms with Crippen LogP contribution in [-0.2, 0) is 9.59 Å². The van der Waals surface area contributed by atoms with Crippen LogP contribution >= 0.6 is 0 Å². The van der Waals surface area contributed by atoms with Crippen molar-refractivity contribution in [2.45, 2.75) is 19.8 Å². The minimum absolute atomic E-state index is 0.0555. The number of hydrogen-bond donors (Lipinski definition) is 1. The van der Waals surface area contributed by atoms with Gasteiger partial charge < -0.3 is 19.7 Å². The lowest BCUT2D eigenvalue weighted by Gasteiger charge is -2.18. The van der Waals surface area contributed by atoms with E-state index in [0.717, 1.165) is 5.56 Å². The van der Waals surface area contributed by atoms with Crippen LogP contribution in [-0.4, -0.2) is 44.0 Å². The monoisotopic (exact) mass is 370 g/mol. The van der Waals surface area contributed by atoms with Crippen LogP contribution in [0, 0.1) is 0 Å². The van der Waals surface area contributed by atoms with Gasteiger partial charge in [0.05, 0.1) is 13.7 Å². The van der Waals surface area contributed by atoms with E-state index in [4.69, 9.17) is 9.47 Å². The highest BCUT2D eigenvalue weighted by molar-refractivity contribution is 5.94. The van der Waals surface area contributed by atoms with Crippen molar-refractivity contribution in [3.05, 3.63) is 54.1 Å². The zero-order valence-corrected chi connectivity index (χ0v) is 16.2. The lowest BCUT2D eigenvalue weighted by Crippen LogP contribution is -2.37. The molecule has 0 saturated heterocycles. The second-order valence-corrected chi connectivity index (χ2v) is 6.51. The smallest absolute Gasteiger partial charge is 0.260 e. The van der Waals surface area contributed by atoms with Crippen LogP contribution in [0.25, 0.3) is 0 Å². The number of para-hydroxylation sites is 1. The SMILES string of the molecule is COc1ccc(NC(=O)CN(C)C(=O)COc2ccccc2C(C)C)cc1. The molecule has 6 heteroatoms. The Hall–Kier alpha value is -3.02. The van der Waals surface area contributed by atoms with E-state index in [-0.39, 0.29) is 25.0 Å². The zero-order chi connectivity index (χ0) is 19.8. The summed E-state index contributed by atoms with van der Waals surface area (Å²) >= 11 is 0. The van der Waals surface area contributed by atoms with Crippen molar-refractivity contribution in [1.82, 2.24) is 4.90 Å². The van der Waals surface area contributed by atoms with E-state index < -0.39 is 0 Å². The van der Waals surface area contributed by atoms with E-state index in [1.54, 1.807) is 38.4 Å². The summed E-state index contributed by atoms with van der Waals surface area (Å²) in [5.41, 5.74) is 1.69. The normalized spacial score (nSPS) is 10.4. The predicted octanol–water partition coefficient (Wildman–Crippen LogP) is 3.29. The molecular weight excluding hydrogens is 344 g/mol. The van der Waals surface area contributed by atoms with Gasteiger partial charge in [0.1, 0.15) is 11.5 Å². The number of hydrogen-bond acceptors (Lipinski definition) is 4. The first-order valence-electron chi connectivity index (χ1n) is 8.80. The van der Waals surface area contributed by atoms with Crippen molar-refractivity contribution in [2.24, 2.45) is 0 Å². The van der Waals surface area contributed by atoms with Crippen LogP contribution < -0.4 is 14.8 Å². The highest BCUT2D eigenvalue weighted by Crippen LogP contribution is 2.25. The molecule has 0 aliphatic carbocycles. The topological polar surface area (TPSA) is 67.9 Å². The van der Waals surface area contributed by atoms with Gasteiger partial charge in [0.2, 0.25) is 5.91 Å². The summed E-state index contributed by atoms with van der Waals surface area (Å²) in [5, 5.41) is 2.75. The fraction of sp³-hybridized carbons (Fsp3) is 0.333. The van der Waals surface area contributed by atoms with Gasteiger partial charge >= 0.3 is 0 Å². The summed E-state index contributed by atoms with van der Waals surface area (Å²) in [5.74, 6) is 1.15. The summed E-state index contributed by atoms with van der Waals surface area (Å²) < 4.78 is 10.7. The molecule has 2 amide bonds. The summed E-state index contributed by atoms with van der Waals surface area (Å²) in [6, 6.07) is 14.6. The Morgan fingerprint density at radius 2 is 1.74 bits per heavy atom. The van der Waals surface area contributed by atoms with Gasteiger partial charge in [0, 0.05) is 12.7 Å². The molecule has 0 aliphatic heterocycles. The highest BCUT2D eigenvalue weighted by atomic mass is 16.5. The van der Waals surface area contributed by atoms with Crippen molar-refractivity contribution in [3.8, 4) is 11.5 Å². The van der Waals surface area contributed by atoms with Crippen LogP contribution in [0.15, 0.2) is 48.5 Å². The molecule has 0 fully saturated rings. The van der Waals surface area contributed by atoms with E-state index in [9.17, 15) is 9.59 Å². The molecule has 0 heterocycles. The molecule has 0 spiro atoms. The van der Waals surface area contributed by atoms with Gasteiger partial charge in [0.15, 0.2) is 6.61 Å². The standard InChI is InChI=1S/C21H26N2O4/c1-15(2)18-7-5-6-8-19(18)27-14-21(25)23(3)13-20(24)22-16-9-11-17(26-4)12-10-16/h5-12,15H,13-14H2,1-4H3,(H,22,24). The second-order valence-electron chi connectivity index (χ2n) is 6.51. The molecule has 6 nitrogen and oxygen atoms in total. The molecule has 0 radical (unpaired) electrons. The first-order chi connectivity index (χ1) is 12.9. The number of benzene rings is 2. The molecule has 0 unspecified atom stereocenters. The lowest BCUT2D eigenvalue weighted by atomic mass is 10.0. The van der Waals surface area contributed by atoms with Gasteiger partial charge in [-0.05, 0) is 41.8 Å². The molecule has 0 aromatic heterocycles. The van der Waals surface area contributed by atoms with Gasteiger partial charge in [-0.1, -0.05) is 32.0 Å². The largest absolute Gasteiger partial charge is 0.497 e. The Labute approximate surface area is 160 Å². The molecule has 0 aliphatic rings. The van der Waals surface area contributed by atoms with E-state index in [2.05, 4.69) is 19.2 Å². The van der Waals surface area contributed by atoms with Gasteiger partial charge in [-0.3, -0.25) is 9.59 Å². The van der Waals surface area contributed by atoms with Crippen molar-refractivity contribution in [1.29, 1.82) is 0 Å². The molecule has 0 bridgehead atoms. The third kappa shape index (κ3) is 6.02. The van der Waals surface area contributed by atoms with Crippen molar-refractivity contribution < 1.29 is 19.1 Å². The number of amides is 2. The van der Waals surface area contributed by atoms with Crippen LogP contribution in [0.2, 0.25) is 0 Å². The van der Waals surface area contributed by atoms with Crippen LogP contribution in [0.5, 0.6) is 11.5 Å². The Bertz CT molecular complexity index is 772. The fourth-order valence-electron chi connectivity index (χ4n) is 2.52. The summed E-state index contributed by atoms with van der Waals surface area (Å²) in [4.78, 5) is 25.7. The maximum Gasteiger partial charge on any atom is 0.260 e. The summed E-state index contributed by atoms with van der Waals surface area (Å²) in [6.07, 6.45) is 0. The highest BCUT2D eigenvalue weighted by Gasteiger charge is 2.15. The maximum atomic E-state index is 12.3. The Balaban J connectivity index is 1.85. The van der Waals surface area contributed by atoms with Crippen molar-refractivity contribution in [3.63, 3.8) is 0 Å². The second kappa shape index (κ2) is 9.62. The predicted molar refractivity (Wildman–Crippen MR) is 105 cm³/mol. The Morgan fingerprint density at radius 1 is 1.07 bits per heavy atom. The Morgan fingerprint density at radius 3 is 2.37 bits per heavy atom. The molecule has 2 aromatic carbocycles. The van der Waals surface area contributed by atoms with Crippen LogP contribution in [0.4, 0.5) is 5.69 Å². The molecule has 0 atom stereocenters. The first-order valence-corrected chi connectivity index (χ1v) is 8.80. The van der Waals surface area contributed by atoms with E-state index in [1.165, 1.54) is 4.90 Å². The van der Waals surface area contributed by atoms with Gasteiger partial charge in [-0.2, -0.15) is 0 Å². The number of carbonyl (C=O) groups is 2. The van der Waals surface area contributed by atoms with E-state index in [1.807, 2.05) is 24.3 Å². The molecule has 2 rings (SSSR count). The number of rotatable bonds is 8. The van der Waals surface area contributed by atoms with Gasteiger partial charge in [0.25, 0.3) is 5.91 Å². The number of carbonyl (C=O) groups excluding carboxylic acids is 2. The molecular formula is C21H26N2O4. The molecule has 2 aromatic rings. The minimum atomic E-state index is -0.279. The Kier molecular flexibility index (Phi) is 7.23.